The van der Waals surface area contributed by atoms with Gasteiger partial charge in [0.1, 0.15) is 0 Å². The minimum Gasteiger partial charge on any atom is -0.399 e. The summed E-state index contributed by atoms with van der Waals surface area (Å²) < 4.78 is 0. The molecule has 0 saturated carbocycles. The molecule has 0 aromatic heterocycles. The van der Waals surface area contributed by atoms with Gasteiger partial charge >= 0.3 is 6.03 Å². The highest BCUT2D eigenvalue weighted by Gasteiger charge is 2.11. The van der Waals surface area contributed by atoms with Crippen LogP contribution in [-0.4, -0.2) is 13.1 Å². The molecule has 0 spiro atoms. The zero-order valence-corrected chi connectivity index (χ0v) is 11.0. The maximum Gasteiger partial charge on any atom is 0.326 e. The van der Waals surface area contributed by atoms with E-state index in [0.717, 1.165) is 0 Å². The number of nitriles is 1. The Morgan fingerprint density at radius 1 is 1.25 bits per heavy atom. The van der Waals surface area contributed by atoms with Crippen LogP contribution in [-0.2, 0) is 0 Å². The highest BCUT2D eigenvalue weighted by atomic mass is 16.2. The largest absolute Gasteiger partial charge is 0.399 e. The van der Waals surface area contributed by atoms with Crippen molar-refractivity contribution in [2.24, 2.45) is 0 Å². The Hall–Kier alpha value is -3.00. The minimum atomic E-state index is -0.277. The van der Waals surface area contributed by atoms with Crippen molar-refractivity contribution in [3.05, 3.63) is 54.1 Å². The number of rotatable bonds is 2. The summed E-state index contributed by atoms with van der Waals surface area (Å²) in [7, 11) is 1.66. The molecule has 0 aliphatic heterocycles. The Balaban J connectivity index is 2.09. The third kappa shape index (κ3) is 3.06. The average molecular weight is 266 g/mol. The van der Waals surface area contributed by atoms with Gasteiger partial charge in [-0.05, 0) is 42.5 Å². The summed E-state index contributed by atoms with van der Waals surface area (Å²) in [4.78, 5) is 13.6. The van der Waals surface area contributed by atoms with Gasteiger partial charge in [-0.25, -0.2) is 4.79 Å². The number of amides is 2. The molecule has 20 heavy (non-hydrogen) atoms. The van der Waals surface area contributed by atoms with Crippen molar-refractivity contribution >= 4 is 23.1 Å². The minimum absolute atomic E-state index is 0.277. The number of nitrogens with two attached hydrogens (primary N) is 1. The van der Waals surface area contributed by atoms with Crippen molar-refractivity contribution in [1.82, 2.24) is 0 Å². The van der Waals surface area contributed by atoms with Crippen LogP contribution >= 0.6 is 0 Å². The smallest absolute Gasteiger partial charge is 0.326 e. The van der Waals surface area contributed by atoms with Gasteiger partial charge in [0.05, 0.1) is 11.6 Å². The lowest BCUT2D eigenvalue weighted by molar-refractivity contribution is 0.258. The van der Waals surface area contributed by atoms with E-state index in [2.05, 4.69) is 5.32 Å². The second-order valence-electron chi connectivity index (χ2n) is 4.27. The predicted octanol–water partition coefficient (Wildman–Crippen LogP) is 2.81. The fourth-order valence-corrected chi connectivity index (χ4v) is 1.69. The number of urea groups is 1. The van der Waals surface area contributed by atoms with Crippen molar-refractivity contribution in [1.29, 1.82) is 5.26 Å². The van der Waals surface area contributed by atoms with Crippen LogP contribution in [0.5, 0.6) is 0 Å². The fraction of sp³-hybridized carbons (Fsp3) is 0.0667. The number of carbonyl (C=O) groups is 1. The third-order valence-corrected chi connectivity index (χ3v) is 2.83. The maximum absolute atomic E-state index is 12.1. The fourth-order valence-electron chi connectivity index (χ4n) is 1.69. The van der Waals surface area contributed by atoms with E-state index >= 15 is 0 Å². The number of anilines is 3. The third-order valence-electron chi connectivity index (χ3n) is 2.83. The molecule has 0 heterocycles. The first kappa shape index (κ1) is 13.4. The van der Waals surface area contributed by atoms with Crippen LogP contribution in [0.1, 0.15) is 5.56 Å². The lowest BCUT2D eigenvalue weighted by Gasteiger charge is -2.18. The molecule has 5 heteroatoms. The van der Waals surface area contributed by atoms with Crippen LogP contribution in [0.25, 0.3) is 0 Å². The first-order valence-electron chi connectivity index (χ1n) is 6.00. The van der Waals surface area contributed by atoms with Gasteiger partial charge in [-0.15, -0.1) is 0 Å². The zero-order chi connectivity index (χ0) is 14.5. The number of hydrogen-bond acceptors (Lipinski definition) is 3. The monoisotopic (exact) mass is 266 g/mol. The summed E-state index contributed by atoms with van der Waals surface area (Å²) in [5.41, 5.74) is 8.17. The second kappa shape index (κ2) is 5.76. The second-order valence-corrected chi connectivity index (χ2v) is 4.27. The Bertz CT molecular complexity index is 658. The molecule has 0 fully saturated rings. The van der Waals surface area contributed by atoms with Gasteiger partial charge in [0, 0.05) is 24.1 Å². The number of carbonyl (C=O) groups excluding carboxylic acids is 1. The van der Waals surface area contributed by atoms with E-state index < -0.39 is 0 Å². The van der Waals surface area contributed by atoms with Gasteiger partial charge in [-0.1, -0.05) is 6.07 Å². The standard InChI is InChI=1S/C15H14N4O/c1-19(14-4-2-3-12(17)9-14)15(20)18-13-7-5-11(10-16)6-8-13/h2-9H,17H2,1H3,(H,18,20). The molecule has 2 amide bonds. The number of nitrogens with zero attached hydrogens (tertiary/aromatic N) is 2. The van der Waals surface area contributed by atoms with Crippen LogP contribution in [0.2, 0.25) is 0 Å². The molecule has 0 saturated heterocycles. The summed E-state index contributed by atoms with van der Waals surface area (Å²) in [6, 6.07) is 15.5. The van der Waals surface area contributed by atoms with Crippen molar-refractivity contribution in [2.45, 2.75) is 0 Å². The zero-order valence-electron chi connectivity index (χ0n) is 11.0. The average Bonchev–Trinajstić information content (AvgIpc) is 2.47. The first-order valence-corrected chi connectivity index (χ1v) is 6.00. The summed E-state index contributed by atoms with van der Waals surface area (Å²) >= 11 is 0. The Morgan fingerprint density at radius 2 is 1.95 bits per heavy atom. The molecule has 0 aliphatic rings. The molecule has 5 nitrogen and oxygen atoms in total. The summed E-state index contributed by atoms with van der Waals surface area (Å²) in [6.07, 6.45) is 0. The summed E-state index contributed by atoms with van der Waals surface area (Å²) in [5, 5.41) is 11.5. The summed E-state index contributed by atoms with van der Waals surface area (Å²) in [5.74, 6) is 0. The molecule has 0 radical (unpaired) electrons. The molecule has 0 aliphatic carbocycles. The topological polar surface area (TPSA) is 82.2 Å². The Kier molecular flexibility index (Phi) is 3.87. The van der Waals surface area contributed by atoms with Gasteiger partial charge in [0.25, 0.3) is 0 Å². The maximum atomic E-state index is 12.1. The lowest BCUT2D eigenvalue weighted by Crippen LogP contribution is -2.31. The van der Waals surface area contributed by atoms with Crippen LogP contribution in [0.3, 0.4) is 0 Å². The van der Waals surface area contributed by atoms with Crippen LogP contribution in [0, 0.1) is 11.3 Å². The van der Waals surface area contributed by atoms with E-state index in [1.807, 2.05) is 6.07 Å². The molecule has 2 rings (SSSR count). The SMILES string of the molecule is CN(C(=O)Nc1ccc(C#N)cc1)c1cccc(N)c1. The van der Waals surface area contributed by atoms with Crippen LogP contribution in [0.15, 0.2) is 48.5 Å². The molecule has 0 unspecified atom stereocenters. The van der Waals surface area contributed by atoms with Crippen molar-refractivity contribution in [2.75, 3.05) is 23.0 Å². The van der Waals surface area contributed by atoms with E-state index in [9.17, 15) is 4.79 Å². The normalized spacial score (nSPS) is 9.60. The van der Waals surface area contributed by atoms with E-state index in [4.69, 9.17) is 11.0 Å². The van der Waals surface area contributed by atoms with Crippen molar-refractivity contribution < 1.29 is 4.79 Å². The highest BCUT2D eigenvalue weighted by molar-refractivity contribution is 6.01. The molecule has 0 bridgehead atoms. The van der Waals surface area contributed by atoms with Crippen molar-refractivity contribution in [3.8, 4) is 6.07 Å². The molecule has 0 atom stereocenters. The molecule has 2 aromatic carbocycles. The molecular formula is C15H14N4O. The summed E-state index contributed by atoms with van der Waals surface area (Å²) in [6.45, 7) is 0. The lowest BCUT2D eigenvalue weighted by atomic mass is 10.2. The number of nitrogens with one attached hydrogen (secondary N) is 1. The van der Waals surface area contributed by atoms with E-state index in [1.54, 1.807) is 55.6 Å². The van der Waals surface area contributed by atoms with Gasteiger partial charge in [0.15, 0.2) is 0 Å². The quantitative estimate of drug-likeness (QED) is 0.820. The van der Waals surface area contributed by atoms with Crippen molar-refractivity contribution in [3.63, 3.8) is 0 Å². The molecule has 3 N–H and O–H groups in total. The van der Waals surface area contributed by atoms with E-state index in [-0.39, 0.29) is 6.03 Å². The van der Waals surface area contributed by atoms with E-state index in [0.29, 0.717) is 22.6 Å². The Morgan fingerprint density at radius 3 is 2.55 bits per heavy atom. The highest BCUT2D eigenvalue weighted by Crippen LogP contribution is 2.17. The number of nitrogen functional groups attached to an aromatic ring is 1. The van der Waals surface area contributed by atoms with Gasteiger partial charge in [0.2, 0.25) is 0 Å². The van der Waals surface area contributed by atoms with Gasteiger partial charge in [-0.2, -0.15) is 5.26 Å². The van der Waals surface area contributed by atoms with E-state index in [1.165, 1.54) is 4.90 Å². The van der Waals surface area contributed by atoms with Crippen LogP contribution < -0.4 is 16.0 Å². The van der Waals surface area contributed by atoms with Gasteiger partial charge < -0.3 is 11.1 Å². The van der Waals surface area contributed by atoms with Gasteiger partial charge in [-0.3, -0.25) is 4.90 Å². The Labute approximate surface area is 117 Å². The first-order chi connectivity index (χ1) is 9.60. The molecule has 100 valence electrons. The number of hydrogen-bond donors (Lipinski definition) is 2. The predicted molar refractivity (Wildman–Crippen MR) is 79.4 cm³/mol. The molecule has 2 aromatic rings. The number of benzene rings is 2. The van der Waals surface area contributed by atoms with Crippen LogP contribution in [0.4, 0.5) is 21.9 Å². The molecular weight excluding hydrogens is 252 g/mol.